The molecule has 28 heavy (non-hydrogen) atoms. The van der Waals surface area contributed by atoms with Gasteiger partial charge in [0.15, 0.2) is 0 Å². The summed E-state index contributed by atoms with van der Waals surface area (Å²) in [5.74, 6) is -2.40. The van der Waals surface area contributed by atoms with E-state index >= 15 is 0 Å². The predicted molar refractivity (Wildman–Crippen MR) is 100 cm³/mol. The maximum atomic E-state index is 14.1. The number of carbonyl (C=O) groups is 2. The molecule has 2 aromatic carbocycles. The van der Waals surface area contributed by atoms with Gasteiger partial charge in [-0.25, -0.2) is 4.39 Å². The first-order chi connectivity index (χ1) is 13.2. The van der Waals surface area contributed by atoms with Crippen molar-refractivity contribution in [1.82, 2.24) is 5.32 Å². The van der Waals surface area contributed by atoms with Crippen molar-refractivity contribution in [2.45, 2.75) is 19.4 Å². The van der Waals surface area contributed by atoms with Crippen molar-refractivity contribution in [2.75, 3.05) is 19.0 Å². The van der Waals surface area contributed by atoms with Crippen LogP contribution < -0.4 is 10.6 Å². The number of aryl methyl sites for hydroxylation is 1. The van der Waals surface area contributed by atoms with Crippen LogP contribution >= 0.6 is 0 Å². The Morgan fingerprint density at radius 3 is 2.46 bits per heavy atom. The Bertz CT molecular complexity index is 918. The minimum Gasteiger partial charge on any atom is -0.372 e. The van der Waals surface area contributed by atoms with Crippen molar-refractivity contribution >= 4 is 23.2 Å². The zero-order chi connectivity index (χ0) is 20.9. The lowest BCUT2D eigenvalue weighted by molar-refractivity contribution is -0.384. The van der Waals surface area contributed by atoms with Gasteiger partial charge < -0.3 is 15.4 Å². The van der Waals surface area contributed by atoms with Gasteiger partial charge >= 0.3 is 11.8 Å². The third-order valence-electron chi connectivity index (χ3n) is 4.36. The normalized spacial score (nSPS) is 12.7. The van der Waals surface area contributed by atoms with Gasteiger partial charge in [0.25, 0.3) is 5.69 Å². The van der Waals surface area contributed by atoms with E-state index in [0.29, 0.717) is 5.56 Å². The molecule has 148 valence electrons. The fourth-order valence-corrected chi connectivity index (χ4v) is 2.58. The molecule has 0 spiro atoms. The summed E-state index contributed by atoms with van der Waals surface area (Å²) in [4.78, 5) is 34.5. The quantitative estimate of drug-likeness (QED) is 0.448. The Balaban J connectivity index is 2.05. The monoisotopic (exact) mass is 389 g/mol. The number of ether oxygens (including phenoxy) is 1. The van der Waals surface area contributed by atoms with Crippen LogP contribution in [0.15, 0.2) is 42.5 Å². The maximum Gasteiger partial charge on any atom is 0.313 e. The molecule has 1 unspecified atom stereocenters. The first-order valence-corrected chi connectivity index (χ1v) is 8.32. The molecule has 0 aliphatic carbocycles. The minimum absolute atomic E-state index is 0.124. The number of non-ortho nitro benzene ring substituents is 1. The molecule has 0 saturated carbocycles. The highest BCUT2D eigenvalue weighted by Crippen LogP contribution is 2.26. The van der Waals surface area contributed by atoms with Crippen LogP contribution in [0.5, 0.6) is 0 Å². The van der Waals surface area contributed by atoms with Crippen LogP contribution in [0, 0.1) is 22.9 Å². The molecular formula is C19H20FN3O5. The van der Waals surface area contributed by atoms with Crippen molar-refractivity contribution in [1.29, 1.82) is 0 Å². The number of nitrogens with zero attached hydrogens (tertiary/aromatic N) is 1. The SMILES string of the molecule is COC(C)(CNC(=O)C(=O)Nc1ccc([N+](=O)[O-])cc1C)c1ccccc1F. The molecule has 0 saturated heterocycles. The maximum absolute atomic E-state index is 14.1. The Kier molecular flexibility index (Phi) is 6.42. The molecule has 9 heteroatoms. The Hall–Kier alpha value is -3.33. The van der Waals surface area contributed by atoms with Crippen LogP contribution in [0.4, 0.5) is 15.8 Å². The standard InChI is InChI=1S/C19H20FN3O5/c1-12-10-13(23(26)27)8-9-16(12)22-18(25)17(24)21-11-19(2,28-3)14-6-4-5-7-15(14)20/h4-10H,11H2,1-3H3,(H,21,24)(H,22,25). The van der Waals surface area contributed by atoms with E-state index in [0.717, 1.165) is 0 Å². The summed E-state index contributed by atoms with van der Waals surface area (Å²) in [5, 5.41) is 15.6. The molecule has 0 bridgehead atoms. The van der Waals surface area contributed by atoms with E-state index in [4.69, 9.17) is 4.74 Å². The first kappa shape index (κ1) is 21.0. The lowest BCUT2D eigenvalue weighted by Gasteiger charge is -2.29. The fourth-order valence-electron chi connectivity index (χ4n) is 2.58. The van der Waals surface area contributed by atoms with Gasteiger partial charge in [-0.05, 0) is 31.5 Å². The molecule has 0 aliphatic heterocycles. The van der Waals surface area contributed by atoms with Crippen molar-refractivity contribution in [3.8, 4) is 0 Å². The zero-order valence-electron chi connectivity index (χ0n) is 15.6. The van der Waals surface area contributed by atoms with Crippen LogP contribution in [-0.2, 0) is 19.9 Å². The van der Waals surface area contributed by atoms with Crippen molar-refractivity contribution < 1.29 is 23.6 Å². The van der Waals surface area contributed by atoms with Crippen LogP contribution in [0.2, 0.25) is 0 Å². The smallest absolute Gasteiger partial charge is 0.313 e. The van der Waals surface area contributed by atoms with Crippen LogP contribution in [-0.4, -0.2) is 30.4 Å². The highest BCUT2D eigenvalue weighted by Gasteiger charge is 2.30. The number of amides is 2. The molecule has 0 fully saturated rings. The minimum atomic E-state index is -1.18. The number of carbonyl (C=O) groups excluding carboxylic acids is 2. The van der Waals surface area contributed by atoms with Gasteiger partial charge in [0.1, 0.15) is 11.4 Å². The number of hydrogen-bond donors (Lipinski definition) is 2. The summed E-state index contributed by atoms with van der Waals surface area (Å²) in [6.45, 7) is 3.01. The largest absolute Gasteiger partial charge is 0.372 e. The molecule has 0 aliphatic rings. The predicted octanol–water partition coefficient (Wildman–Crippen LogP) is 2.66. The van der Waals surface area contributed by atoms with E-state index in [-0.39, 0.29) is 23.5 Å². The van der Waals surface area contributed by atoms with E-state index in [2.05, 4.69) is 10.6 Å². The third-order valence-corrected chi connectivity index (χ3v) is 4.36. The molecule has 2 rings (SSSR count). The lowest BCUT2D eigenvalue weighted by atomic mass is 9.95. The summed E-state index contributed by atoms with van der Waals surface area (Å²) in [6, 6.07) is 9.84. The summed E-state index contributed by atoms with van der Waals surface area (Å²) < 4.78 is 19.4. The van der Waals surface area contributed by atoms with Crippen molar-refractivity contribution in [3.05, 3.63) is 69.5 Å². The Morgan fingerprint density at radius 2 is 1.89 bits per heavy atom. The van der Waals surface area contributed by atoms with Crippen LogP contribution in [0.3, 0.4) is 0 Å². The molecule has 2 N–H and O–H groups in total. The highest BCUT2D eigenvalue weighted by molar-refractivity contribution is 6.39. The van der Waals surface area contributed by atoms with E-state index in [9.17, 15) is 24.1 Å². The first-order valence-electron chi connectivity index (χ1n) is 8.32. The number of nitro benzene ring substituents is 1. The van der Waals surface area contributed by atoms with E-state index in [1.54, 1.807) is 19.9 Å². The molecule has 0 aromatic heterocycles. The number of nitrogens with one attached hydrogen (secondary N) is 2. The summed E-state index contributed by atoms with van der Waals surface area (Å²) in [6.07, 6.45) is 0. The fraction of sp³-hybridized carbons (Fsp3) is 0.263. The van der Waals surface area contributed by atoms with E-state index < -0.39 is 28.2 Å². The molecular weight excluding hydrogens is 369 g/mol. The second-order valence-corrected chi connectivity index (χ2v) is 6.31. The Morgan fingerprint density at radius 1 is 1.21 bits per heavy atom. The van der Waals surface area contributed by atoms with Crippen LogP contribution in [0.1, 0.15) is 18.1 Å². The molecule has 2 aromatic rings. The van der Waals surface area contributed by atoms with Gasteiger partial charge in [-0.1, -0.05) is 18.2 Å². The zero-order valence-corrected chi connectivity index (χ0v) is 15.6. The van der Waals surface area contributed by atoms with Crippen LogP contribution in [0.25, 0.3) is 0 Å². The molecule has 8 nitrogen and oxygen atoms in total. The summed E-state index contributed by atoms with van der Waals surface area (Å²) >= 11 is 0. The average Bonchev–Trinajstić information content (AvgIpc) is 2.67. The average molecular weight is 389 g/mol. The van der Waals surface area contributed by atoms with Crippen molar-refractivity contribution in [2.24, 2.45) is 0 Å². The Labute approximate surface area is 160 Å². The van der Waals surface area contributed by atoms with Gasteiger partial charge in [0.05, 0.1) is 11.5 Å². The van der Waals surface area contributed by atoms with Crippen molar-refractivity contribution in [3.63, 3.8) is 0 Å². The van der Waals surface area contributed by atoms with Gasteiger partial charge in [-0.15, -0.1) is 0 Å². The molecule has 2 amide bonds. The van der Waals surface area contributed by atoms with Gasteiger partial charge in [0.2, 0.25) is 0 Å². The number of benzene rings is 2. The second-order valence-electron chi connectivity index (χ2n) is 6.31. The van der Waals surface area contributed by atoms with E-state index in [1.165, 1.54) is 43.5 Å². The number of anilines is 1. The molecule has 0 heterocycles. The lowest BCUT2D eigenvalue weighted by Crippen LogP contribution is -2.44. The number of halogens is 1. The topological polar surface area (TPSA) is 111 Å². The third kappa shape index (κ3) is 4.68. The van der Waals surface area contributed by atoms with Gasteiger partial charge in [0, 0.05) is 30.5 Å². The summed E-state index contributed by atoms with van der Waals surface area (Å²) in [7, 11) is 1.37. The summed E-state index contributed by atoms with van der Waals surface area (Å²) in [5.41, 5.74) is -0.354. The molecule has 0 radical (unpaired) electrons. The number of methoxy groups -OCH3 is 1. The molecule has 1 atom stereocenters. The van der Waals surface area contributed by atoms with E-state index in [1.807, 2.05) is 0 Å². The highest BCUT2D eigenvalue weighted by atomic mass is 19.1. The van der Waals surface area contributed by atoms with Gasteiger partial charge in [-0.3, -0.25) is 19.7 Å². The number of rotatable bonds is 6. The second kappa shape index (κ2) is 8.57. The van der Waals surface area contributed by atoms with Gasteiger partial charge in [-0.2, -0.15) is 0 Å². The number of nitro groups is 1. The number of hydrogen-bond acceptors (Lipinski definition) is 5.